The molecule has 0 saturated heterocycles. The molecule has 0 radical (unpaired) electrons. The van der Waals surface area contributed by atoms with Gasteiger partial charge in [0.2, 0.25) is 0 Å². The van der Waals surface area contributed by atoms with E-state index in [1.165, 1.54) is 12.8 Å². The van der Waals surface area contributed by atoms with Gasteiger partial charge in [-0.15, -0.1) is 0 Å². The Hall–Kier alpha value is 0. The molecule has 1 rings (SSSR count). The van der Waals surface area contributed by atoms with Gasteiger partial charge in [-0.05, 0) is 36.5 Å². The molecule has 1 aliphatic carbocycles. The molecule has 0 bridgehead atoms. The summed E-state index contributed by atoms with van der Waals surface area (Å²) in [5.41, 5.74) is 0. The van der Waals surface area contributed by atoms with Gasteiger partial charge in [-0.1, -0.05) is 27.7 Å². The Morgan fingerprint density at radius 3 is 2.10 bits per heavy atom. The molecule has 0 aromatic heterocycles. The van der Waals surface area contributed by atoms with Gasteiger partial charge in [0.25, 0.3) is 0 Å². The molecule has 1 saturated carbocycles. The van der Waals surface area contributed by atoms with Crippen LogP contribution in [0.4, 0.5) is 0 Å². The molecule has 0 aromatic rings. The normalized spacial score (nSPS) is 34.5. The third-order valence-electron chi connectivity index (χ3n) is 3.09. The van der Waals surface area contributed by atoms with E-state index in [4.69, 9.17) is 0 Å². The second-order valence-electron chi connectivity index (χ2n) is 4.43. The molecule has 10 heavy (non-hydrogen) atoms. The van der Waals surface area contributed by atoms with E-state index in [1.54, 1.807) is 0 Å². The molecular formula is C10H20. The van der Waals surface area contributed by atoms with Crippen molar-refractivity contribution in [1.82, 2.24) is 0 Å². The molecule has 0 heteroatoms. The van der Waals surface area contributed by atoms with Crippen LogP contribution in [0.3, 0.4) is 0 Å². The highest BCUT2D eigenvalue weighted by Crippen LogP contribution is 2.43. The fourth-order valence-electron chi connectivity index (χ4n) is 1.48. The van der Waals surface area contributed by atoms with Gasteiger partial charge >= 0.3 is 0 Å². The first-order chi connectivity index (χ1) is 4.61. The van der Waals surface area contributed by atoms with Crippen LogP contribution in [0.2, 0.25) is 0 Å². The number of hydrogen-bond acceptors (Lipinski definition) is 0. The second-order valence-corrected chi connectivity index (χ2v) is 4.43. The Labute approximate surface area is 65.0 Å². The highest BCUT2D eigenvalue weighted by Gasteiger charge is 2.33. The SMILES string of the molecule is CC(C)C(C)CC1CC1C. The minimum atomic E-state index is 0.882. The molecule has 1 aliphatic rings. The zero-order chi connectivity index (χ0) is 7.72. The van der Waals surface area contributed by atoms with E-state index in [-0.39, 0.29) is 0 Å². The molecule has 60 valence electrons. The van der Waals surface area contributed by atoms with Crippen LogP contribution in [0.15, 0.2) is 0 Å². The molecule has 0 aliphatic heterocycles. The molecule has 1 fully saturated rings. The lowest BCUT2D eigenvalue weighted by molar-refractivity contribution is 0.367. The fraction of sp³-hybridized carbons (Fsp3) is 1.00. The molecular weight excluding hydrogens is 120 g/mol. The van der Waals surface area contributed by atoms with Crippen molar-refractivity contribution in [3.8, 4) is 0 Å². The van der Waals surface area contributed by atoms with Crippen LogP contribution in [0.1, 0.15) is 40.5 Å². The van der Waals surface area contributed by atoms with Gasteiger partial charge in [-0.3, -0.25) is 0 Å². The van der Waals surface area contributed by atoms with Crippen molar-refractivity contribution in [3.63, 3.8) is 0 Å². The highest BCUT2D eigenvalue weighted by atomic mass is 14.4. The first-order valence-corrected chi connectivity index (χ1v) is 4.61. The van der Waals surface area contributed by atoms with Gasteiger partial charge in [0.15, 0.2) is 0 Å². The molecule has 0 N–H and O–H groups in total. The average molecular weight is 140 g/mol. The second kappa shape index (κ2) is 2.94. The summed E-state index contributed by atoms with van der Waals surface area (Å²) in [4.78, 5) is 0. The fourth-order valence-corrected chi connectivity index (χ4v) is 1.48. The van der Waals surface area contributed by atoms with E-state index >= 15 is 0 Å². The third kappa shape index (κ3) is 2.00. The third-order valence-corrected chi connectivity index (χ3v) is 3.09. The summed E-state index contributed by atoms with van der Waals surface area (Å²) in [5, 5.41) is 0. The van der Waals surface area contributed by atoms with Gasteiger partial charge in [-0.2, -0.15) is 0 Å². The van der Waals surface area contributed by atoms with E-state index in [0.717, 1.165) is 23.7 Å². The van der Waals surface area contributed by atoms with Crippen LogP contribution in [-0.2, 0) is 0 Å². The molecule has 0 heterocycles. The maximum Gasteiger partial charge on any atom is -0.0383 e. The molecule has 0 nitrogen and oxygen atoms in total. The van der Waals surface area contributed by atoms with Crippen LogP contribution in [0, 0.1) is 23.7 Å². The van der Waals surface area contributed by atoms with Crippen molar-refractivity contribution in [1.29, 1.82) is 0 Å². The van der Waals surface area contributed by atoms with Crippen LogP contribution in [0.5, 0.6) is 0 Å². The lowest BCUT2D eigenvalue weighted by Gasteiger charge is -2.14. The minimum absolute atomic E-state index is 0.882. The van der Waals surface area contributed by atoms with Crippen molar-refractivity contribution in [2.75, 3.05) is 0 Å². The summed E-state index contributed by atoms with van der Waals surface area (Å²) >= 11 is 0. The average Bonchev–Trinajstić information content (AvgIpc) is 2.46. The molecule has 3 atom stereocenters. The van der Waals surface area contributed by atoms with Crippen LogP contribution < -0.4 is 0 Å². The van der Waals surface area contributed by atoms with Crippen molar-refractivity contribution >= 4 is 0 Å². The lowest BCUT2D eigenvalue weighted by Crippen LogP contribution is -2.04. The molecule has 0 aromatic carbocycles. The Kier molecular flexibility index (Phi) is 2.38. The number of hydrogen-bond donors (Lipinski definition) is 0. The largest absolute Gasteiger partial charge is 0.0625 e. The summed E-state index contributed by atoms with van der Waals surface area (Å²) < 4.78 is 0. The molecule has 0 amide bonds. The van der Waals surface area contributed by atoms with Crippen LogP contribution >= 0.6 is 0 Å². The van der Waals surface area contributed by atoms with Gasteiger partial charge in [0.1, 0.15) is 0 Å². The Bertz CT molecular complexity index is 105. The zero-order valence-corrected chi connectivity index (χ0v) is 7.72. The van der Waals surface area contributed by atoms with Crippen molar-refractivity contribution in [2.45, 2.75) is 40.5 Å². The van der Waals surface area contributed by atoms with Crippen molar-refractivity contribution < 1.29 is 0 Å². The Balaban J connectivity index is 2.13. The van der Waals surface area contributed by atoms with E-state index in [0.29, 0.717) is 0 Å². The maximum absolute atomic E-state index is 2.38. The van der Waals surface area contributed by atoms with E-state index in [2.05, 4.69) is 27.7 Å². The predicted octanol–water partition coefficient (Wildman–Crippen LogP) is 3.32. The Morgan fingerprint density at radius 2 is 1.80 bits per heavy atom. The maximum atomic E-state index is 2.38. The summed E-state index contributed by atoms with van der Waals surface area (Å²) in [6.07, 6.45) is 2.97. The van der Waals surface area contributed by atoms with E-state index in [1.807, 2.05) is 0 Å². The van der Waals surface area contributed by atoms with Crippen molar-refractivity contribution in [3.05, 3.63) is 0 Å². The standard InChI is InChI=1S/C10H20/c1-7(2)8(3)5-10-6-9(10)4/h7-10H,5-6H2,1-4H3. The van der Waals surface area contributed by atoms with Crippen LogP contribution in [0.25, 0.3) is 0 Å². The molecule has 0 spiro atoms. The Morgan fingerprint density at radius 1 is 1.30 bits per heavy atom. The molecule has 3 unspecified atom stereocenters. The summed E-state index contributed by atoms with van der Waals surface area (Å²) in [7, 11) is 0. The first-order valence-electron chi connectivity index (χ1n) is 4.61. The monoisotopic (exact) mass is 140 g/mol. The van der Waals surface area contributed by atoms with E-state index < -0.39 is 0 Å². The lowest BCUT2D eigenvalue weighted by atomic mass is 9.92. The van der Waals surface area contributed by atoms with Gasteiger partial charge in [-0.25, -0.2) is 0 Å². The predicted molar refractivity (Wildman–Crippen MR) is 45.9 cm³/mol. The smallest absolute Gasteiger partial charge is 0.0383 e. The first kappa shape index (κ1) is 8.10. The van der Waals surface area contributed by atoms with Crippen LogP contribution in [-0.4, -0.2) is 0 Å². The minimum Gasteiger partial charge on any atom is -0.0625 e. The summed E-state index contributed by atoms with van der Waals surface area (Å²) in [5.74, 6) is 3.95. The zero-order valence-electron chi connectivity index (χ0n) is 7.72. The summed E-state index contributed by atoms with van der Waals surface area (Å²) in [6.45, 7) is 9.42. The highest BCUT2D eigenvalue weighted by molar-refractivity contribution is 4.83. The quantitative estimate of drug-likeness (QED) is 0.564. The summed E-state index contributed by atoms with van der Waals surface area (Å²) in [6, 6.07) is 0. The van der Waals surface area contributed by atoms with Gasteiger partial charge < -0.3 is 0 Å². The van der Waals surface area contributed by atoms with Crippen molar-refractivity contribution in [2.24, 2.45) is 23.7 Å². The topological polar surface area (TPSA) is 0 Å². The van der Waals surface area contributed by atoms with Gasteiger partial charge in [0.05, 0.1) is 0 Å². The number of rotatable bonds is 3. The van der Waals surface area contributed by atoms with E-state index in [9.17, 15) is 0 Å². The van der Waals surface area contributed by atoms with Gasteiger partial charge in [0, 0.05) is 0 Å².